The summed E-state index contributed by atoms with van der Waals surface area (Å²) in [6, 6.07) is 0.308. The SMILES string of the molecule is O=C(O)[C@H](CCO)NS(=O)(=O)c1ccc(F)c(F)c1. The van der Waals surface area contributed by atoms with Gasteiger partial charge in [-0.3, -0.25) is 4.79 Å². The number of aliphatic hydroxyl groups is 1. The van der Waals surface area contributed by atoms with Gasteiger partial charge in [-0.05, 0) is 24.6 Å². The van der Waals surface area contributed by atoms with Gasteiger partial charge in [-0.1, -0.05) is 0 Å². The van der Waals surface area contributed by atoms with Crippen molar-refractivity contribution in [1.29, 1.82) is 0 Å². The van der Waals surface area contributed by atoms with Crippen molar-refractivity contribution in [2.24, 2.45) is 0 Å². The van der Waals surface area contributed by atoms with E-state index in [4.69, 9.17) is 10.2 Å². The lowest BCUT2D eigenvalue weighted by atomic mass is 10.2. The van der Waals surface area contributed by atoms with Crippen LogP contribution in [0.3, 0.4) is 0 Å². The summed E-state index contributed by atoms with van der Waals surface area (Å²) in [5.74, 6) is -4.07. The average molecular weight is 295 g/mol. The molecule has 0 aromatic heterocycles. The van der Waals surface area contributed by atoms with E-state index in [-0.39, 0.29) is 6.42 Å². The van der Waals surface area contributed by atoms with Gasteiger partial charge in [0, 0.05) is 6.61 Å². The van der Waals surface area contributed by atoms with E-state index in [0.29, 0.717) is 12.1 Å². The van der Waals surface area contributed by atoms with E-state index in [0.717, 1.165) is 6.07 Å². The molecule has 0 aliphatic heterocycles. The minimum absolute atomic E-state index is 0.349. The van der Waals surface area contributed by atoms with E-state index in [1.54, 1.807) is 4.72 Å². The Hall–Kier alpha value is -1.58. The topological polar surface area (TPSA) is 104 Å². The van der Waals surface area contributed by atoms with Crippen molar-refractivity contribution in [2.75, 3.05) is 6.61 Å². The Kier molecular flexibility index (Phi) is 4.92. The first-order valence-electron chi connectivity index (χ1n) is 5.09. The van der Waals surface area contributed by atoms with E-state index >= 15 is 0 Å². The molecule has 0 bridgehead atoms. The third kappa shape index (κ3) is 3.94. The summed E-state index contributed by atoms with van der Waals surface area (Å²) in [6.45, 7) is -0.544. The zero-order valence-electron chi connectivity index (χ0n) is 9.51. The molecule has 1 aromatic carbocycles. The lowest BCUT2D eigenvalue weighted by molar-refractivity contribution is -0.139. The van der Waals surface area contributed by atoms with E-state index in [1.807, 2.05) is 0 Å². The van der Waals surface area contributed by atoms with Gasteiger partial charge in [0.25, 0.3) is 0 Å². The highest BCUT2D eigenvalue weighted by atomic mass is 32.2. The highest BCUT2D eigenvalue weighted by Crippen LogP contribution is 2.14. The van der Waals surface area contributed by atoms with Gasteiger partial charge in [0.1, 0.15) is 6.04 Å². The van der Waals surface area contributed by atoms with Gasteiger partial charge in [-0.2, -0.15) is 4.72 Å². The number of carboxylic acid groups (broad SMARTS) is 1. The number of carbonyl (C=O) groups is 1. The summed E-state index contributed by atoms with van der Waals surface area (Å²) in [4.78, 5) is 10.1. The van der Waals surface area contributed by atoms with Crippen molar-refractivity contribution in [3.05, 3.63) is 29.8 Å². The van der Waals surface area contributed by atoms with Gasteiger partial charge < -0.3 is 10.2 Å². The molecular weight excluding hydrogens is 284 g/mol. The molecule has 0 saturated carbocycles. The monoisotopic (exact) mass is 295 g/mol. The van der Waals surface area contributed by atoms with Crippen molar-refractivity contribution in [3.8, 4) is 0 Å². The fourth-order valence-electron chi connectivity index (χ4n) is 1.26. The van der Waals surface area contributed by atoms with Gasteiger partial charge in [0.15, 0.2) is 11.6 Å². The van der Waals surface area contributed by atoms with Gasteiger partial charge in [0.05, 0.1) is 4.90 Å². The Morgan fingerprint density at radius 2 is 1.95 bits per heavy atom. The summed E-state index contributed by atoms with van der Waals surface area (Å²) >= 11 is 0. The number of benzene rings is 1. The number of rotatable bonds is 6. The molecule has 1 atom stereocenters. The predicted molar refractivity (Wildman–Crippen MR) is 59.8 cm³/mol. The molecule has 0 fully saturated rings. The smallest absolute Gasteiger partial charge is 0.321 e. The van der Waals surface area contributed by atoms with Crippen LogP contribution in [0.25, 0.3) is 0 Å². The number of aliphatic carboxylic acids is 1. The van der Waals surface area contributed by atoms with Crippen molar-refractivity contribution in [3.63, 3.8) is 0 Å². The van der Waals surface area contributed by atoms with Crippen LogP contribution in [0.2, 0.25) is 0 Å². The largest absolute Gasteiger partial charge is 0.480 e. The van der Waals surface area contributed by atoms with Crippen LogP contribution < -0.4 is 4.72 Å². The Bertz CT molecular complexity index is 575. The maximum atomic E-state index is 12.9. The number of hydrogen-bond acceptors (Lipinski definition) is 4. The lowest BCUT2D eigenvalue weighted by Gasteiger charge is -2.13. The maximum absolute atomic E-state index is 12.9. The maximum Gasteiger partial charge on any atom is 0.321 e. The van der Waals surface area contributed by atoms with Gasteiger partial charge in [-0.15, -0.1) is 0 Å². The van der Waals surface area contributed by atoms with Crippen LogP contribution in [0.5, 0.6) is 0 Å². The number of sulfonamides is 1. The molecule has 0 amide bonds. The number of halogens is 2. The highest BCUT2D eigenvalue weighted by Gasteiger charge is 2.25. The number of aliphatic hydroxyl groups excluding tert-OH is 1. The van der Waals surface area contributed by atoms with Crippen LogP contribution in [0, 0.1) is 11.6 Å². The molecule has 0 heterocycles. The van der Waals surface area contributed by atoms with Crippen LogP contribution in [0.15, 0.2) is 23.1 Å². The zero-order chi connectivity index (χ0) is 14.6. The Labute approximate surface area is 107 Å². The van der Waals surface area contributed by atoms with Crippen LogP contribution in [-0.4, -0.2) is 37.2 Å². The molecule has 1 rings (SSSR count). The van der Waals surface area contributed by atoms with Crippen molar-refractivity contribution >= 4 is 16.0 Å². The van der Waals surface area contributed by atoms with Crippen molar-refractivity contribution in [2.45, 2.75) is 17.4 Å². The normalized spacial score (nSPS) is 13.2. The van der Waals surface area contributed by atoms with E-state index in [2.05, 4.69) is 0 Å². The molecular formula is C10H11F2NO5S. The van der Waals surface area contributed by atoms with E-state index in [9.17, 15) is 22.0 Å². The minimum atomic E-state index is -4.31. The zero-order valence-corrected chi connectivity index (χ0v) is 10.3. The van der Waals surface area contributed by atoms with Crippen LogP contribution in [0.4, 0.5) is 8.78 Å². The standard InChI is InChI=1S/C10H11F2NO5S/c11-7-2-1-6(5-8(7)12)19(17,18)13-9(3-4-14)10(15)16/h1-2,5,9,13-14H,3-4H2,(H,15,16)/t9-/m0/s1. The molecule has 6 nitrogen and oxygen atoms in total. The fourth-order valence-corrected chi connectivity index (χ4v) is 2.50. The quantitative estimate of drug-likeness (QED) is 0.689. The van der Waals surface area contributed by atoms with Gasteiger partial charge in [0.2, 0.25) is 10.0 Å². The Morgan fingerprint density at radius 3 is 2.42 bits per heavy atom. The first-order valence-corrected chi connectivity index (χ1v) is 6.57. The molecule has 9 heteroatoms. The van der Waals surface area contributed by atoms with Crippen molar-refractivity contribution < 1.29 is 32.2 Å². The molecule has 0 aliphatic rings. The molecule has 0 saturated heterocycles. The summed E-state index contributed by atoms with van der Waals surface area (Å²) in [5.41, 5.74) is 0. The number of hydrogen-bond donors (Lipinski definition) is 3. The number of nitrogens with one attached hydrogen (secondary N) is 1. The van der Waals surface area contributed by atoms with Gasteiger partial charge in [-0.25, -0.2) is 17.2 Å². The third-order valence-electron chi connectivity index (χ3n) is 2.21. The first-order chi connectivity index (χ1) is 8.77. The summed E-state index contributed by atoms with van der Waals surface area (Å²) in [5, 5.41) is 17.4. The molecule has 0 unspecified atom stereocenters. The fraction of sp³-hybridized carbons (Fsp3) is 0.300. The third-order valence-corrected chi connectivity index (χ3v) is 3.68. The average Bonchev–Trinajstić information content (AvgIpc) is 2.31. The van der Waals surface area contributed by atoms with Crippen LogP contribution in [-0.2, 0) is 14.8 Å². The Morgan fingerprint density at radius 1 is 1.32 bits per heavy atom. The molecule has 3 N–H and O–H groups in total. The molecule has 106 valence electrons. The molecule has 1 aromatic rings. The second kappa shape index (κ2) is 6.04. The molecule has 0 spiro atoms. The second-order valence-electron chi connectivity index (χ2n) is 3.60. The minimum Gasteiger partial charge on any atom is -0.480 e. The Balaban J connectivity index is 3.03. The van der Waals surface area contributed by atoms with Crippen LogP contribution >= 0.6 is 0 Å². The summed E-state index contributed by atoms with van der Waals surface area (Å²) < 4.78 is 50.9. The van der Waals surface area contributed by atoms with E-state index < -0.39 is 45.2 Å². The second-order valence-corrected chi connectivity index (χ2v) is 5.31. The van der Waals surface area contributed by atoms with E-state index in [1.165, 1.54) is 0 Å². The van der Waals surface area contributed by atoms with Crippen LogP contribution in [0.1, 0.15) is 6.42 Å². The molecule has 0 radical (unpaired) electrons. The van der Waals surface area contributed by atoms with Gasteiger partial charge >= 0.3 is 5.97 Å². The molecule has 0 aliphatic carbocycles. The highest BCUT2D eigenvalue weighted by molar-refractivity contribution is 7.89. The van der Waals surface area contributed by atoms with Crippen molar-refractivity contribution in [1.82, 2.24) is 4.72 Å². The summed E-state index contributed by atoms with van der Waals surface area (Å²) in [6.07, 6.45) is -0.349. The summed E-state index contributed by atoms with van der Waals surface area (Å²) in [7, 11) is -4.31. The lowest BCUT2D eigenvalue weighted by Crippen LogP contribution is -2.41. The number of carboxylic acids is 1. The predicted octanol–water partition coefficient (Wildman–Crippen LogP) is 0.0787. The molecule has 19 heavy (non-hydrogen) atoms. The first kappa shape index (κ1) is 15.5.